The summed E-state index contributed by atoms with van der Waals surface area (Å²) in [6.45, 7) is 2.32. The standard InChI is InChI=1S/C26H23N3O3S/c1-2-3-13-32-26(31)23-24(30)25-21(22(28-23)16-9-5-4-6-10-16)20(29-33-25)14-17-15-27-19-12-8-7-11-18(17)19/h4-12,15,27,30H,2-3,13-14H2,1H3. The number of aromatic amines is 1. The fourth-order valence-electron chi connectivity index (χ4n) is 3.96. The van der Waals surface area contributed by atoms with Crippen LogP contribution in [-0.2, 0) is 11.2 Å². The number of hydrogen-bond donors (Lipinski definition) is 2. The molecule has 0 fully saturated rings. The molecule has 5 aromatic rings. The summed E-state index contributed by atoms with van der Waals surface area (Å²) in [6.07, 6.45) is 4.23. The summed E-state index contributed by atoms with van der Waals surface area (Å²) >= 11 is 1.18. The van der Waals surface area contributed by atoms with E-state index in [0.29, 0.717) is 23.4 Å². The number of pyridine rings is 1. The van der Waals surface area contributed by atoms with E-state index < -0.39 is 5.97 Å². The van der Waals surface area contributed by atoms with Gasteiger partial charge in [-0.05, 0) is 29.6 Å². The fourth-order valence-corrected chi connectivity index (χ4v) is 4.81. The van der Waals surface area contributed by atoms with Gasteiger partial charge in [-0.2, -0.15) is 4.37 Å². The first kappa shape index (κ1) is 21.2. The molecule has 166 valence electrons. The highest BCUT2D eigenvalue weighted by atomic mass is 32.1. The molecular formula is C26H23N3O3S. The van der Waals surface area contributed by atoms with Gasteiger partial charge in [-0.1, -0.05) is 61.9 Å². The lowest BCUT2D eigenvalue weighted by Gasteiger charge is -2.10. The highest BCUT2D eigenvalue weighted by molar-refractivity contribution is 7.14. The molecule has 3 aromatic heterocycles. The first-order chi connectivity index (χ1) is 16.2. The van der Waals surface area contributed by atoms with Crippen LogP contribution in [0, 0.1) is 0 Å². The quantitative estimate of drug-likeness (QED) is 0.228. The minimum absolute atomic E-state index is 0.0697. The molecule has 0 spiro atoms. The summed E-state index contributed by atoms with van der Waals surface area (Å²) in [5, 5.41) is 12.9. The molecule has 0 aliphatic carbocycles. The molecule has 33 heavy (non-hydrogen) atoms. The third-order valence-electron chi connectivity index (χ3n) is 5.67. The molecule has 7 heteroatoms. The number of rotatable bonds is 7. The van der Waals surface area contributed by atoms with Gasteiger partial charge < -0.3 is 14.8 Å². The third kappa shape index (κ3) is 3.96. The second-order valence-electron chi connectivity index (χ2n) is 7.88. The van der Waals surface area contributed by atoms with E-state index in [1.165, 1.54) is 11.5 Å². The minimum atomic E-state index is -0.619. The van der Waals surface area contributed by atoms with Gasteiger partial charge in [-0.3, -0.25) is 0 Å². The Kier molecular flexibility index (Phi) is 5.79. The Morgan fingerprint density at radius 2 is 1.91 bits per heavy atom. The van der Waals surface area contributed by atoms with Crippen LogP contribution in [0.1, 0.15) is 41.5 Å². The Morgan fingerprint density at radius 3 is 2.73 bits per heavy atom. The predicted octanol–water partition coefficient (Wildman–Crippen LogP) is 6.09. The summed E-state index contributed by atoms with van der Waals surface area (Å²) in [6, 6.07) is 17.8. The molecule has 0 saturated carbocycles. The summed E-state index contributed by atoms with van der Waals surface area (Å²) in [5.74, 6) is -0.791. The smallest absolute Gasteiger partial charge is 0.360 e. The van der Waals surface area contributed by atoms with E-state index in [2.05, 4.69) is 20.4 Å². The number of para-hydroxylation sites is 1. The highest BCUT2D eigenvalue weighted by Gasteiger charge is 2.25. The molecular weight excluding hydrogens is 434 g/mol. The molecule has 0 unspecified atom stereocenters. The molecule has 0 aliphatic heterocycles. The zero-order valence-corrected chi connectivity index (χ0v) is 19.0. The van der Waals surface area contributed by atoms with Crippen LogP contribution in [-0.4, -0.2) is 32.0 Å². The summed E-state index contributed by atoms with van der Waals surface area (Å²) < 4.78 is 10.6. The number of aromatic hydroxyl groups is 1. The summed E-state index contributed by atoms with van der Waals surface area (Å²) in [5.41, 5.74) is 4.39. The van der Waals surface area contributed by atoms with E-state index in [1.807, 2.05) is 61.7 Å². The van der Waals surface area contributed by atoms with Crippen LogP contribution in [0.4, 0.5) is 0 Å². The van der Waals surface area contributed by atoms with Crippen molar-refractivity contribution in [1.29, 1.82) is 0 Å². The van der Waals surface area contributed by atoms with Crippen molar-refractivity contribution in [1.82, 2.24) is 14.3 Å². The summed E-state index contributed by atoms with van der Waals surface area (Å²) in [7, 11) is 0. The van der Waals surface area contributed by atoms with Crippen LogP contribution in [0.2, 0.25) is 0 Å². The number of ether oxygens (including phenoxy) is 1. The van der Waals surface area contributed by atoms with Crippen LogP contribution in [0.15, 0.2) is 60.8 Å². The molecule has 0 saturated heterocycles. The number of fused-ring (bicyclic) bond motifs is 2. The zero-order valence-electron chi connectivity index (χ0n) is 18.2. The van der Waals surface area contributed by atoms with Crippen molar-refractivity contribution in [3.63, 3.8) is 0 Å². The number of nitrogens with one attached hydrogen (secondary N) is 1. The van der Waals surface area contributed by atoms with Gasteiger partial charge in [0, 0.05) is 34.5 Å². The maximum atomic E-state index is 12.7. The average molecular weight is 458 g/mol. The molecule has 0 amide bonds. The second kappa shape index (κ2) is 9.03. The molecule has 0 atom stereocenters. The molecule has 0 bridgehead atoms. The topological polar surface area (TPSA) is 88.1 Å². The second-order valence-corrected chi connectivity index (χ2v) is 8.66. The van der Waals surface area contributed by atoms with Gasteiger partial charge >= 0.3 is 5.97 Å². The normalized spacial score (nSPS) is 11.3. The van der Waals surface area contributed by atoms with Crippen LogP contribution in [0.3, 0.4) is 0 Å². The molecule has 2 N–H and O–H groups in total. The molecule has 3 heterocycles. The van der Waals surface area contributed by atoms with Gasteiger partial charge in [0.05, 0.1) is 18.0 Å². The van der Waals surface area contributed by atoms with E-state index in [-0.39, 0.29) is 11.4 Å². The number of H-pyrrole nitrogens is 1. The number of nitrogens with zero attached hydrogens (tertiary/aromatic N) is 2. The van der Waals surface area contributed by atoms with Crippen LogP contribution >= 0.6 is 11.5 Å². The van der Waals surface area contributed by atoms with Crippen molar-refractivity contribution >= 4 is 38.5 Å². The van der Waals surface area contributed by atoms with Gasteiger partial charge in [0.2, 0.25) is 0 Å². The van der Waals surface area contributed by atoms with Crippen molar-refractivity contribution in [3.05, 3.63) is 77.7 Å². The largest absolute Gasteiger partial charge is 0.504 e. The van der Waals surface area contributed by atoms with Gasteiger partial charge in [0.15, 0.2) is 11.4 Å². The Hall–Kier alpha value is -3.71. The Labute approximate surface area is 195 Å². The zero-order chi connectivity index (χ0) is 22.8. The fraction of sp³-hybridized carbons (Fsp3) is 0.192. The molecule has 5 rings (SSSR count). The van der Waals surface area contributed by atoms with Crippen molar-refractivity contribution in [2.75, 3.05) is 6.61 Å². The average Bonchev–Trinajstić information content (AvgIpc) is 3.45. The first-order valence-corrected chi connectivity index (χ1v) is 11.7. The number of aromatic nitrogens is 3. The Bertz CT molecular complexity index is 1440. The Balaban J connectivity index is 1.65. The maximum Gasteiger partial charge on any atom is 0.360 e. The number of esters is 1. The SMILES string of the molecule is CCCCOC(=O)c1nc(-c2ccccc2)c2c(Cc3c[nH]c4ccccc34)nsc2c1O. The monoisotopic (exact) mass is 457 g/mol. The van der Waals surface area contributed by atoms with Crippen molar-refractivity contribution in [2.24, 2.45) is 0 Å². The van der Waals surface area contributed by atoms with Crippen LogP contribution in [0.5, 0.6) is 5.75 Å². The van der Waals surface area contributed by atoms with E-state index in [0.717, 1.165) is 46.0 Å². The van der Waals surface area contributed by atoms with Gasteiger partial charge in [0.25, 0.3) is 0 Å². The van der Waals surface area contributed by atoms with E-state index >= 15 is 0 Å². The predicted molar refractivity (Wildman–Crippen MR) is 131 cm³/mol. The first-order valence-electron chi connectivity index (χ1n) is 11.0. The maximum absolute atomic E-state index is 12.7. The molecule has 0 aliphatic rings. The molecule has 6 nitrogen and oxygen atoms in total. The number of unbranched alkanes of at least 4 members (excludes halogenated alkanes) is 1. The molecule has 2 aromatic carbocycles. The third-order valence-corrected chi connectivity index (χ3v) is 6.56. The van der Waals surface area contributed by atoms with Crippen LogP contribution in [0.25, 0.3) is 32.2 Å². The van der Waals surface area contributed by atoms with Crippen molar-refractivity contribution in [3.8, 4) is 17.0 Å². The molecule has 0 radical (unpaired) electrons. The Morgan fingerprint density at radius 1 is 1.12 bits per heavy atom. The summed E-state index contributed by atoms with van der Waals surface area (Å²) in [4.78, 5) is 20.6. The van der Waals surface area contributed by atoms with Crippen molar-refractivity contribution < 1.29 is 14.6 Å². The van der Waals surface area contributed by atoms with E-state index in [1.54, 1.807) is 0 Å². The lowest BCUT2D eigenvalue weighted by molar-refractivity contribution is 0.0490. The minimum Gasteiger partial charge on any atom is -0.504 e. The van der Waals surface area contributed by atoms with E-state index in [4.69, 9.17) is 4.74 Å². The lowest BCUT2D eigenvalue weighted by Crippen LogP contribution is -2.10. The van der Waals surface area contributed by atoms with Gasteiger partial charge in [0.1, 0.15) is 4.70 Å². The van der Waals surface area contributed by atoms with Gasteiger partial charge in [-0.25, -0.2) is 9.78 Å². The highest BCUT2D eigenvalue weighted by Crippen LogP contribution is 2.40. The van der Waals surface area contributed by atoms with E-state index in [9.17, 15) is 9.90 Å². The number of hydrogen-bond acceptors (Lipinski definition) is 6. The number of carbonyl (C=O) groups excluding carboxylic acids is 1. The lowest BCUT2D eigenvalue weighted by atomic mass is 10.0. The van der Waals surface area contributed by atoms with Gasteiger partial charge in [-0.15, -0.1) is 0 Å². The number of carbonyl (C=O) groups is 1. The number of benzene rings is 2. The van der Waals surface area contributed by atoms with Crippen molar-refractivity contribution in [2.45, 2.75) is 26.2 Å². The van der Waals surface area contributed by atoms with Crippen LogP contribution < -0.4 is 0 Å².